The van der Waals surface area contributed by atoms with Gasteiger partial charge in [-0.3, -0.25) is 9.69 Å². The second-order valence-electron chi connectivity index (χ2n) is 9.83. The number of nitrogens with one attached hydrogen (secondary N) is 1. The molecule has 6 nitrogen and oxygen atoms in total. The Kier molecular flexibility index (Phi) is 8.35. The van der Waals surface area contributed by atoms with Crippen LogP contribution in [0.5, 0.6) is 0 Å². The smallest absolute Gasteiger partial charge is 0.322 e. The molecule has 3 aromatic rings. The number of thiophene rings is 1. The van der Waals surface area contributed by atoms with Crippen molar-refractivity contribution in [1.82, 2.24) is 14.7 Å². The predicted molar refractivity (Wildman–Crippen MR) is 152 cm³/mol. The minimum Gasteiger partial charge on any atom is -0.339 e. The van der Waals surface area contributed by atoms with Crippen molar-refractivity contribution in [3.05, 3.63) is 81.8 Å². The van der Waals surface area contributed by atoms with Gasteiger partial charge < -0.3 is 15.1 Å². The number of halogens is 1. The topological polar surface area (TPSA) is 55.9 Å². The van der Waals surface area contributed by atoms with Gasteiger partial charge in [-0.05, 0) is 78.6 Å². The van der Waals surface area contributed by atoms with Gasteiger partial charge in [-0.2, -0.15) is 0 Å². The molecular formula is C29H33FN4O2S2. The molecule has 0 radical (unpaired) electrons. The molecule has 0 bridgehead atoms. The van der Waals surface area contributed by atoms with E-state index in [1.54, 1.807) is 40.1 Å². The fraction of sp³-hybridized carbons (Fsp3) is 0.379. The molecule has 2 aliphatic rings. The number of piperazine rings is 1. The van der Waals surface area contributed by atoms with E-state index in [0.29, 0.717) is 32.6 Å². The second-order valence-corrected chi connectivity index (χ2v) is 11.7. The van der Waals surface area contributed by atoms with Gasteiger partial charge in [-0.15, -0.1) is 23.1 Å². The number of urea groups is 1. The molecule has 0 saturated carbocycles. The maximum atomic E-state index is 14.1. The number of amides is 3. The molecule has 1 fully saturated rings. The molecule has 3 amide bonds. The van der Waals surface area contributed by atoms with E-state index in [4.69, 9.17) is 0 Å². The van der Waals surface area contributed by atoms with E-state index in [-0.39, 0.29) is 29.8 Å². The molecule has 5 rings (SSSR count). The Hall–Kier alpha value is -2.88. The number of carbonyl (C=O) groups excluding carboxylic acids is 2. The zero-order chi connectivity index (χ0) is 26.6. The summed E-state index contributed by atoms with van der Waals surface area (Å²) in [6.45, 7) is 4.96. The minimum absolute atomic E-state index is 0.0436. The SMILES string of the molecule is CSc1ccc(NC(=O)N2CCN(C(=O)CCN3CCc4sccc4[C@@H]3c3cccc(F)c3)C[C@H]2C)cc1. The van der Waals surface area contributed by atoms with E-state index >= 15 is 0 Å². The Bertz CT molecular complexity index is 1280. The van der Waals surface area contributed by atoms with Gasteiger partial charge in [0.2, 0.25) is 5.91 Å². The first-order valence-electron chi connectivity index (χ1n) is 13.0. The maximum absolute atomic E-state index is 14.1. The normalized spacial score (nSPS) is 19.8. The van der Waals surface area contributed by atoms with Gasteiger partial charge in [-0.1, -0.05) is 12.1 Å². The highest BCUT2D eigenvalue weighted by Gasteiger charge is 2.32. The largest absolute Gasteiger partial charge is 0.339 e. The first-order chi connectivity index (χ1) is 18.4. The minimum atomic E-state index is -0.242. The summed E-state index contributed by atoms with van der Waals surface area (Å²) in [5, 5.41) is 5.08. The first-order valence-corrected chi connectivity index (χ1v) is 15.1. The Morgan fingerprint density at radius 3 is 2.66 bits per heavy atom. The van der Waals surface area contributed by atoms with Gasteiger partial charge >= 0.3 is 6.03 Å². The summed E-state index contributed by atoms with van der Waals surface area (Å²) in [6.07, 6.45) is 3.36. The molecule has 2 aliphatic heterocycles. The van der Waals surface area contributed by atoms with Crippen LogP contribution >= 0.6 is 23.1 Å². The van der Waals surface area contributed by atoms with E-state index in [0.717, 1.165) is 29.1 Å². The van der Waals surface area contributed by atoms with Crippen LogP contribution in [0.4, 0.5) is 14.9 Å². The van der Waals surface area contributed by atoms with Gasteiger partial charge in [0.25, 0.3) is 0 Å². The molecule has 0 unspecified atom stereocenters. The van der Waals surface area contributed by atoms with Crippen molar-refractivity contribution in [1.29, 1.82) is 0 Å². The summed E-state index contributed by atoms with van der Waals surface area (Å²) in [5.41, 5.74) is 2.91. The van der Waals surface area contributed by atoms with Gasteiger partial charge in [0.15, 0.2) is 0 Å². The van der Waals surface area contributed by atoms with E-state index in [2.05, 4.69) is 21.7 Å². The van der Waals surface area contributed by atoms with Crippen molar-refractivity contribution in [2.75, 3.05) is 44.3 Å². The van der Waals surface area contributed by atoms with E-state index in [1.165, 1.54) is 16.5 Å². The van der Waals surface area contributed by atoms with E-state index in [9.17, 15) is 14.0 Å². The molecule has 9 heteroatoms. The van der Waals surface area contributed by atoms with Crippen molar-refractivity contribution in [3.8, 4) is 0 Å². The highest BCUT2D eigenvalue weighted by atomic mass is 32.2. The summed E-state index contributed by atoms with van der Waals surface area (Å²) in [5.74, 6) is -0.146. The Balaban J connectivity index is 1.17. The highest BCUT2D eigenvalue weighted by molar-refractivity contribution is 7.98. The third-order valence-corrected chi connectivity index (χ3v) is 9.17. The van der Waals surface area contributed by atoms with Crippen LogP contribution in [0.25, 0.3) is 0 Å². The summed E-state index contributed by atoms with van der Waals surface area (Å²) in [4.78, 5) is 34.6. The van der Waals surface area contributed by atoms with Gasteiger partial charge in [0.1, 0.15) is 5.82 Å². The van der Waals surface area contributed by atoms with Crippen molar-refractivity contribution >= 4 is 40.7 Å². The lowest BCUT2D eigenvalue weighted by molar-refractivity contribution is -0.134. The molecule has 0 aliphatic carbocycles. The van der Waals surface area contributed by atoms with Crippen LogP contribution < -0.4 is 5.32 Å². The van der Waals surface area contributed by atoms with Crippen LogP contribution in [-0.4, -0.2) is 71.7 Å². The quantitative estimate of drug-likeness (QED) is 0.398. The lowest BCUT2D eigenvalue weighted by Gasteiger charge is -2.40. The van der Waals surface area contributed by atoms with Crippen LogP contribution in [0.3, 0.4) is 0 Å². The molecule has 38 heavy (non-hydrogen) atoms. The number of benzene rings is 2. The van der Waals surface area contributed by atoms with Crippen LogP contribution in [0.15, 0.2) is 64.9 Å². The van der Waals surface area contributed by atoms with Gasteiger partial charge in [0, 0.05) is 60.6 Å². The zero-order valence-electron chi connectivity index (χ0n) is 21.7. The third kappa shape index (κ3) is 5.90. The molecule has 200 valence electrons. The number of hydrogen-bond acceptors (Lipinski definition) is 5. The summed E-state index contributed by atoms with van der Waals surface area (Å²) in [7, 11) is 0. The Labute approximate surface area is 231 Å². The lowest BCUT2D eigenvalue weighted by Crippen LogP contribution is -2.56. The maximum Gasteiger partial charge on any atom is 0.322 e. The average molecular weight is 553 g/mol. The lowest BCUT2D eigenvalue weighted by atomic mass is 9.93. The number of hydrogen-bond donors (Lipinski definition) is 1. The summed E-state index contributed by atoms with van der Waals surface area (Å²) < 4.78 is 14.1. The number of nitrogens with zero attached hydrogens (tertiary/aromatic N) is 3. The number of rotatable bonds is 6. The number of thioether (sulfide) groups is 1. The van der Waals surface area contributed by atoms with Crippen molar-refractivity contribution in [2.45, 2.75) is 36.7 Å². The fourth-order valence-corrected chi connectivity index (χ4v) is 6.74. The standard InChI is InChI=1S/C29H33FN4O2S2/c1-20-19-33(15-16-34(20)29(36)31-23-6-8-24(37-2)9-7-23)27(35)11-14-32-13-10-26-25(12-17-38-26)28(32)21-4-3-5-22(30)18-21/h3-9,12,17-18,20,28H,10-11,13-16,19H2,1-2H3,(H,31,36)/t20-,28+/m1/s1. The fourth-order valence-electron chi connectivity index (χ4n) is 5.43. The molecular weight excluding hydrogens is 519 g/mol. The molecule has 2 atom stereocenters. The predicted octanol–water partition coefficient (Wildman–Crippen LogP) is 5.71. The number of anilines is 1. The molecule has 3 heterocycles. The third-order valence-electron chi connectivity index (χ3n) is 7.43. The van der Waals surface area contributed by atoms with Crippen LogP contribution in [0, 0.1) is 5.82 Å². The number of carbonyl (C=O) groups is 2. The van der Waals surface area contributed by atoms with Crippen molar-refractivity contribution < 1.29 is 14.0 Å². The monoisotopic (exact) mass is 552 g/mol. The molecule has 1 N–H and O–H groups in total. The Morgan fingerprint density at radius 1 is 1.11 bits per heavy atom. The average Bonchev–Trinajstić information content (AvgIpc) is 3.40. The Morgan fingerprint density at radius 2 is 1.92 bits per heavy atom. The molecule has 1 aromatic heterocycles. The van der Waals surface area contributed by atoms with E-state index < -0.39 is 0 Å². The molecule has 0 spiro atoms. The number of fused-ring (bicyclic) bond motifs is 1. The van der Waals surface area contributed by atoms with Gasteiger partial charge in [-0.25, -0.2) is 9.18 Å². The van der Waals surface area contributed by atoms with Crippen LogP contribution in [-0.2, 0) is 11.2 Å². The molecule has 1 saturated heterocycles. The molecule has 2 aromatic carbocycles. The summed E-state index contributed by atoms with van der Waals surface area (Å²) >= 11 is 3.41. The van der Waals surface area contributed by atoms with Crippen molar-refractivity contribution in [3.63, 3.8) is 0 Å². The first kappa shape index (κ1) is 26.7. The van der Waals surface area contributed by atoms with Crippen LogP contribution in [0.2, 0.25) is 0 Å². The zero-order valence-corrected chi connectivity index (χ0v) is 23.4. The van der Waals surface area contributed by atoms with E-state index in [1.807, 2.05) is 48.4 Å². The van der Waals surface area contributed by atoms with Gasteiger partial charge in [0.05, 0.1) is 6.04 Å². The second kappa shape index (κ2) is 11.9. The van der Waals surface area contributed by atoms with Crippen molar-refractivity contribution in [2.24, 2.45) is 0 Å². The van der Waals surface area contributed by atoms with Crippen LogP contribution in [0.1, 0.15) is 35.4 Å². The summed E-state index contributed by atoms with van der Waals surface area (Å²) in [6, 6.07) is 16.5. The highest BCUT2D eigenvalue weighted by Crippen LogP contribution is 2.38.